The number of halogens is 1. The smallest absolute Gasteiger partial charge is 0.280 e. The van der Waals surface area contributed by atoms with Crippen LogP contribution in [0.2, 0.25) is 0 Å². The number of pyridine rings is 1. The van der Waals surface area contributed by atoms with Crippen molar-refractivity contribution < 1.29 is 14.7 Å². The van der Waals surface area contributed by atoms with Gasteiger partial charge in [-0.05, 0) is 49.1 Å². The van der Waals surface area contributed by atoms with Crippen LogP contribution in [0.4, 0.5) is 0 Å². The van der Waals surface area contributed by atoms with Crippen molar-refractivity contribution in [2.75, 3.05) is 13.1 Å². The van der Waals surface area contributed by atoms with Gasteiger partial charge in [-0.25, -0.2) is 0 Å². The Morgan fingerprint density at radius 1 is 1.20 bits per heavy atom. The highest BCUT2D eigenvalue weighted by molar-refractivity contribution is 9.10. The third-order valence-corrected chi connectivity index (χ3v) is 6.53. The van der Waals surface area contributed by atoms with Crippen LogP contribution in [0.1, 0.15) is 52.1 Å². The van der Waals surface area contributed by atoms with Gasteiger partial charge in [-0.2, -0.15) is 4.99 Å². The monoisotopic (exact) mass is 470 g/mol. The predicted molar refractivity (Wildman–Crippen MR) is 116 cm³/mol. The van der Waals surface area contributed by atoms with Crippen molar-refractivity contribution in [1.82, 2.24) is 9.88 Å². The number of aromatic nitrogens is 1. The zero-order chi connectivity index (χ0) is 21.3. The predicted octanol–water partition coefficient (Wildman–Crippen LogP) is 2.67. The Labute approximate surface area is 183 Å². The van der Waals surface area contributed by atoms with E-state index in [1.54, 1.807) is 11.0 Å². The van der Waals surface area contributed by atoms with E-state index in [1.807, 2.05) is 24.3 Å². The van der Waals surface area contributed by atoms with Gasteiger partial charge >= 0.3 is 0 Å². The van der Waals surface area contributed by atoms with Crippen LogP contribution >= 0.6 is 15.9 Å². The van der Waals surface area contributed by atoms with Crippen LogP contribution < -0.4 is 5.73 Å². The van der Waals surface area contributed by atoms with E-state index in [9.17, 15) is 14.7 Å². The van der Waals surface area contributed by atoms with Crippen LogP contribution in [0.3, 0.4) is 0 Å². The summed E-state index contributed by atoms with van der Waals surface area (Å²) in [6.45, 7) is 0.807. The minimum atomic E-state index is -0.489. The fourth-order valence-corrected chi connectivity index (χ4v) is 4.27. The third-order valence-electron chi connectivity index (χ3n) is 6.00. The number of rotatable bonds is 4. The molecule has 2 aliphatic rings. The molecule has 1 unspecified atom stereocenters. The van der Waals surface area contributed by atoms with Crippen molar-refractivity contribution in [2.45, 2.75) is 37.2 Å². The second-order valence-electron chi connectivity index (χ2n) is 7.87. The summed E-state index contributed by atoms with van der Waals surface area (Å²) in [6.07, 6.45) is 4.17. The summed E-state index contributed by atoms with van der Waals surface area (Å²) < 4.78 is 0.983. The van der Waals surface area contributed by atoms with E-state index in [2.05, 4.69) is 25.9 Å². The molecule has 2 fully saturated rings. The van der Waals surface area contributed by atoms with Crippen molar-refractivity contribution in [3.8, 4) is 0 Å². The SMILES string of the molecule is NC(=NC(=O)c1ccc(C(=O)N2CCC(O)C2)nc1)C1(c2ccc(Br)cc2)CCC1. The summed E-state index contributed by atoms with van der Waals surface area (Å²) in [5.41, 5.74) is 7.47. The number of amidine groups is 1. The second-order valence-corrected chi connectivity index (χ2v) is 8.79. The third kappa shape index (κ3) is 3.89. The van der Waals surface area contributed by atoms with Crippen LogP contribution in [0.5, 0.6) is 0 Å². The van der Waals surface area contributed by atoms with Crippen molar-refractivity contribution >= 4 is 33.6 Å². The van der Waals surface area contributed by atoms with E-state index in [1.165, 1.54) is 12.3 Å². The molecule has 1 saturated heterocycles. The van der Waals surface area contributed by atoms with Gasteiger partial charge < -0.3 is 15.7 Å². The number of aliphatic hydroxyl groups excluding tert-OH is 1. The van der Waals surface area contributed by atoms with Gasteiger partial charge in [-0.3, -0.25) is 14.6 Å². The lowest BCUT2D eigenvalue weighted by molar-refractivity contribution is 0.0758. The Kier molecular flexibility index (Phi) is 5.71. The summed E-state index contributed by atoms with van der Waals surface area (Å²) in [5.74, 6) is -0.413. The lowest BCUT2D eigenvalue weighted by Gasteiger charge is -2.41. The van der Waals surface area contributed by atoms with Crippen LogP contribution in [-0.4, -0.2) is 51.8 Å². The topological polar surface area (TPSA) is 109 Å². The number of aliphatic imine (C=N–C) groups is 1. The average molecular weight is 471 g/mol. The van der Waals surface area contributed by atoms with Crippen molar-refractivity contribution in [3.05, 3.63) is 63.9 Å². The molecule has 4 rings (SSSR count). The van der Waals surface area contributed by atoms with Gasteiger partial charge in [-0.15, -0.1) is 0 Å². The van der Waals surface area contributed by atoms with E-state index in [4.69, 9.17) is 5.73 Å². The number of likely N-dealkylation sites (tertiary alicyclic amines) is 1. The standard InChI is InChI=1S/C22H23BrN4O3/c23-16-5-3-15(4-6-16)22(9-1-10-22)21(24)26-19(29)14-2-7-18(25-12-14)20(30)27-11-8-17(28)13-27/h2-7,12,17,28H,1,8-11,13H2,(H2,24,26,29). The first kappa shape index (κ1) is 20.7. The molecule has 30 heavy (non-hydrogen) atoms. The molecule has 1 aromatic heterocycles. The van der Waals surface area contributed by atoms with E-state index in [0.717, 1.165) is 29.3 Å². The number of benzene rings is 1. The Balaban J connectivity index is 1.50. The molecule has 8 heteroatoms. The number of β-amino-alcohol motifs (C(OH)–C–C–N with tert-alkyl or cyclic N) is 1. The summed E-state index contributed by atoms with van der Waals surface area (Å²) in [7, 11) is 0. The van der Waals surface area contributed by atoms with E-state index < -0.39 is 17.4 Å². The first-order chi connectivity index (χ1) is 14.4. The number of carbonyl (C=O) groups excluding carboxylic acids is 2. The second kappa shape index (κ2) is 8.28. The number of nitrogens with zero attached hydrogens (tertiary/aromatic N) is 3. The highest BCUT2D eigenvalue weighted by atomic mass is 79.9. The molecule has 2 aromatic rings. The van der Waals surface area contributed by atoms with Gasteiger partial charge in [0.25, 0.3) is 11.8 Å². The Hall–Kier alpha value is -2.58. The minimum absolute atomic E-state index is 0.239. The quantitative estimate of drug-likeness (QED) is 0.527. The van der Waals surface area contributed by atoms with E-state index in [0.29, 0.717) is 25.3 Å². The molecule has 1 aliphatic heterocycles. The molecular weight excluding hydrogens is 448 g/mol. The zero-order valence-electron chi connectivity index (χ0n) is 16.4. The Morgan fingerprint density at radius 3 is 2.47 bits per heavy atom. The number of amides is 2. The summed E-state index contributed by atoms with van der Waals surface area (Å²) in [6, 6.07) is 11.0. The minimum Gasteiger partial charge on any atom is -0.391 e. The molecule has 1 aliphatic carbocycles. The largest absolute Gasteiger partial charge is 0.391 e. The van der Waals surface area contributed by atoms with Gasteiger partial charge in [-0.1, -0.05) is 34.5 Å². The first-order valence-corrected chi connectivity index (χ1v) is 10.8. The van der Waals surface area contributed by atoms with Gasteiger partial charge in [0, 0.05) is 23.8 Å². The van der Waals surface area contributed by atoms with E-state index in [-0.39, 0.29) is 17.2 Å². The Morgan fingerprint density at radius 2 is 1.93 bits per heavy atom. The van der Waals surface area contributed by atoms with Crippen molar-refractivity contribution in [1.29, 1.82) is 0 Å². The van der Waals surface area contributed by atoms with E-state index >= 15 is 0 Å². The van der Waals surface area contributed by atoms with Crippen LogP contribution in [0.15, 0.2) is 52.1 Å². The molecule has 2 heterocycles. The number of nitrogens with two attached hydrogens (primary N) is 1. The maximum absolute atomic E-state index is 12.7. The molecule has 1 saturated carbocycles. The highest BCUT2D eigenvalue weighted by Gasteiger charge is 2.42. The van der Waals surface area contributed by atoms with Gasteiger partial charge in [0.1, 0.15) is 11.5 Å². The molecule has 1 aromatic carbocycles. The molecule has 2 amide bonds. The van der Waals surface area contributed by atoms with Gasteiger partial charge in [0.2, 0.25) is 0 Å². The molecule has 0 radical (unpaired) electrons. The molecule has 0 spiro atoms. The Bertz CT molecular complexity index is 984. The molecule has 0 bridgehead atoms. The van der Waals surface area contributed by atoms with Crippen molar-refractivity contribution in [3.63, 3.8) is 0 Å². The molecule has 3 N–H and O–H groups in total. The summed E-state index contributed by atoms with van der Waals surface area (Å²) in [5, 5.41) is 9.59. The molecular formula is C22H23BrN4O3. The fraction of sp³-hybridized carbons (Fsp3) is 0.364. The van der Waals surface area contributed by atoms with Crippen molar-refractivity contribution in [2.24, 2.45) is 10.7 Å². The van der Waals surface area contributed by atoms with Crippen LogP contribution in [0.25, 0.3) is 0 Å². The number of hydrogen-bond acceptors (Lipinski definition) is 4. The summed E-state index contributed by atoms with van der Waals surface area (Å²) >= 11 is 3.44. The molecule has 1 atom stereocenters. The average Bonchev–Trinajstić information content (AvgIpc) is 3.14. The maximum Gasteiger partial charge on any atom is 0.280 e. The summed E-state index contributed by atoms with van der Waals surface area (Å²) in [4.78, 5) is 35.0. The lowest BCUT2D eigenvalue weighted by Crippen LogP contribution is -2.47. The normalized spacial score (nSPS) is 20.7. The van der Waals surface area contributed by atoms with Crippen LogP contribution in [-0.2, 0) is 5.41 Å². The number of carbonyl (C=O) groups is 2. The zero-order valence-corrected chi connectivity index (χ0v) is 18.0. The molecule has 7 nitrogen and oxygen atoms in total. The number of aliphatic hydroxyl groups is 1. The lowest BCUT2D eigenvalue weighted by atomic mass is 9.63. The highest BCUT2D eigenvalue weighted by Crippen LogP contribution is 2.44. The fourth-order valence-electron chi connectivity index (χ4n) is 4.01. The first-order valence-electron chi connectivity index (χ1n) is 9.97. The van der Waals surface area contributed by atoms with Gasteiger partial charge in [0.15, 0.2) is 0 Å². The van der Waals surface area contributed by atoms with Gasteiger partial charge in [0.05, 0.1) is 17.1 Å². The number of hydrogen-bond donors (Lipinski definition) is 2. The van der Waals surface area contributed by atoms with Crippen LogP contribution in [0, 0.1) is 0 Å². The maximum atomic E-state index is 12.7. The molecule has 156 valence electrons.